The molecule has 36 heavy (non-hydrogen) atoms. The number of anilines is 1. The minimum Gasteiger partial charge on any atom is -0.508 e. The van der Waals surface area contributed by atoms with E-state index in [9.17, 15) is 33.0 Å². The van der Waals surface area contributed by atoms with Crippen molar-refractivity contribution in [3.63, 3.8) is 0 Å². The molecule has 3 heterocycles. The molecule has 3 N–H and O–H groups in total. The van der Waals surface area contributed by atoms with Crippen LogP contribution in [-0.2, 0) is 0 Å². The van der Waals surface area contributed by atoms with Crippen molar-refractivity contribution in [2.24, 2.45) is 5.92 Å². The first-order valence-electron chi connectivity index (χ1n) is 11.0. The molecule has 3 aromatic rings. The highest BCUT2D eigenvalue weighted by atomic mass is 19.1. The lowest BCUT2D eigenvalue weighted by molar-refractivity contribution is 0.0929. The summed E-state index contributed by atoms with van der Waals surface area (Å²) in [5, 5.41) is 21.6. The number of hydrogen-bond acceptors (Lipinski definition) is 6. The van der Waals surface area contributed by atoms with E-state index in [2.05, 4.69) is 10.3 Å². The summed E-state index contributed by atoms with van der Waals surface area (Å²) in [4.78, 5) is 31.2. The average Bonchev–Trinajstić information content (AvgIpc) is 3.12. The van der Waals surface area contributed by atoms with Gasteiger partial charge in [-0.1, -0.05) is 13.8 Å². The summed E-state index contributed by atoms with van der Waals surface area (Å²) >= 11 is 0. The highest BCUT2D eigenvalue weighted by molar-refractivity contribution is 5.97. The maximum absolute atomic E-state index is 15.1. The zero-order valence-corrected chi connectivity index (χ0v) is 19.4. The largest absolute Gasteiger partial charge is 0.508 e. The summed E-state index contributed by atoms with van der Waals surface area (Å²) in [6, 6.07) is 1.18. The van der Waals surface area contributed by atoms with E-state index < -0.39 is 74.6 Å². The molecule has 1 aliphatic rings. The first-order chi connectivity index (χ1) is 16.9. The first-order valence-corrected chi connectivity index (χ1v) is 11.0. The van der Waals surface area contributed by atoms with Gasteiger partial charge in [0.05, 0.1) is 11.9 Å². The highest BCUT2D eigenvalue weighted by Crippen LogP contribution is 2.28. The first kappa shape index (κ1) is 25.2. The van der Waals surface area contributed by atoms with Gasteiger partial charge < -0.3 is 20.4 Å². The number of β-amino-alcohol motifs (C(OH)–C–C–N with tert-alkyl or cyclic N) is 1. The number of hydrogen-bond donors (Lipinski definition) is 3. The van der Waals surface area contributed by atoms with Crippen LogP contribution in [0.25, 0.3) is 16.7 Å². The molecule has 12 heteroatoms. The van der Waals surface area contributed by atoms with Crippen LogP contribution < -0.4 is 15.6 Å². The van der Waals surface area contributed by atoms with Gasteiger partial charge in [-0.25, -0.2) is 22.5 Å². The second-order valence-electron chi connectivity index (χ2n) is 8.85. The smallest absolute Gasteiger partial charge is 0.257 e. The number of pyridine rings is 2. The number of amides is 1. The third kappa shape index (κ3) is 4.39. The second kappa shape index (κ2) is 9.26. The Balaban J connectivity index is 2.02. The molecule has 0 saturated carbocycles. The lowest BCUT2D eigenvalue weighted by atomic mass is 10.1. The van der Waals surface area contributed by atoms with Crippen LogP contribution in [0.2, 0.25) is 0 Å². The molecule has 2 atom stereocenters. The molecule has 0 spiro atoms. The molecule has 8 nitrogen and oxygen atoms in total. The molecule has 0 radical (unpaired) electrons. The predicted molar refractivity (Wildman–Crippen MR) is 123 cm³/mol. The molecule has 1 aromatic carbocycles. The van der Waals surface area contributed by atoms with Crippen molar-refractivity contribution in [1.29, 1.82) is 0 Å². The van der Waals surface area contributed by atoms with Crippen molar-refractivity contribution in [3.8, 4) is 5.69 Å². The predicted octanol–water partition coefficient (Wildman–Crippen LogP) is 3.30. The molecule has 1 aliphatic heterocycles. The number of nitrogens with one attached hydrogen (secondary N) is 1. The number of halogens is 4. The molecule has 0 unspecified atom stereocenters. The lowest BCUT2D eigenvalue weighted by Gasteiger charge is -2.20. The fraction of sp³-hybridized carbons (Fsp3) is 0.292. The van der Waals surface area contributed by atoms with Gasteiger partial charge >= 0.3 is 0 Å². The Morgan fingerprint density at radius 1 is 1.11 bits per heavy atom. The summed E-state index contributed by atoms with van der Waals surface area (Å²) < 4.78 is 59.0. The van der Waals surface area contributed by atoms with Crippen LogP contribution >= 0.6 is 0 Å². The second-order valence-corrected chi connectivity index (χ2v) is 8.85. The van der Waals surface area contributed by atoms with Gasteiger partial charge in [0.1, 0.15) is 28.9 Å². The molecule has 0 saturated heterocycles. The third-order valence-corrected chi connectivity index (χ3v) is 6.01. The van der Waals surface area contributed by atoms with Crippen LogP contribution in [0.1, 0.15) is 31.1 Å². The number of aliphatic hydroxyl groups is 2. The van der Waals surface area contributed by atoms with Gasteiger partial charge in [-0.15, -0.1) is 0 Å². The Morgan fingerprint density at radius 2 is 1.75 bits per heavy atom. The quantitative estimate of drug-likeness (QED) is 0.459. The van der Waals surface area contributed by atoms with Gasteiger partial charge in [0.2, 0.25) is 5.43 Å². The Hall–Kier alpha value is -3.93. The summed E-state index contributed by atoms with van der Waals surface area (Å²) in [5.41, 5.74) is -2.78. The van der Waals surface area contributed by atoms with Crippen LogP contribution in [0, 0.1) is 29.2 Å². The van der Waals surface area contributed by atoms with Gasteiger partial charge in [-0.2, -0.15) is 0 Å². The normalized spacial score (nSPS) is 16.5. The van der Waals surface area contributed by atoms with Crippen molar-refractivity contribution in [1.82, 2.24) is 14.9 Å². The van der Waals surface area contributed by atoms with Crippen molar-refractivity contribution in [2.75, 3.05) is 11.4 Å². The molecule has 2 aromatic heterocycles. The maximum Gasteiger partial charge on any atom is 0.257 e. The van der Waals surface area contributed by atoms with Gasteiger partial charge in [0.25, 0.3) is 5.91 Å². The number of fused-ring (bicyclic) bond motifs is 1. The summed E-state index contributed by atoms with van der Waals surface area (Å²) in [5.74, 6) is -6.78. The number of carbonyl (C=O) groups is 1. The molecule has 0 aliphatic carbocycles. The summed E-state index contributed by atoms with van der Waals surface area (Å²) in [6.07, 6.45) is 0.538. The van der Waals surface area contributed by atoms with E-state index >= 15 is 4.39 Å². The minimum atomic E-state index is -1.36. The number of aromatic nitrogens is 2. The zero-order chi connectivity index (χ0) is 26.5. The van der Waals surface area contributed by atoms with Gasteiger partial charge in [-0.3, -0.25) is 14.2 Å². The van der Waals surface area contributed by atoms with Crippen molar-refractivity contribution in [2.45, 2.75) is 32.9 Å². The monoisotopic (exact) mass is 506 g/mol. The average molecular weight is 506 g/mol. The van der Waals surface area contributed by atoms with Gasteiger partial charge in [-0.05, 0) is 18.9 Å². The van der Waals surface area contributed by atoms with Crippen LogP contribution in [0.5, 0.6) is 0 Å². The summed E-state index contributed by atoms with van der Waals surface area (Å²) in [7, 11) is 0. The molecule has 1 amide bonds. The lowest BCUT2D eigenvalue weighted by Crippen LogP contribution is -2.38. The number of carbonyl (C=O) groups excluding carboxylic acids is 1. The molecule has 0 fully saturated rings. The van der Waals surface area contributed by atoms with Crippen LogP contribution in [0.4, 0.5) is 23.4 Å². The third-order valence-electron chi connectivity index (χ3n) is 6.01. The van der Waals surface area contributed by atoms with E-state index in [1.807, 2.05) is 13.8 Å². The summed E-state index contributed by atoms with van der Waals surface area (Å²) in [6.45, 7) is 5.07. The van der Waals surface area contributed by atoms with Gasteiger partial charge in [0, 0.05) is 30.6 Å². The molecular formula is C24H22F4N4O4. The highest BCUT2D eigenvalue weighted by Gasteiger charge is 2.28. The zero-order valence-electron chi connectivity index (χ0n) is 19.4. The number of aliphatic hydroxyl groups excluding tert-OH is 2. The number of rotatable bonds is 5. The molecule has 4 rings (SSSR count). The minimum absolute atomic E-state index is 0.00873. The molecule has 190 valence electrons. The molecular weight excluding hydrogens is 484 g/mol. The molecule has 0 bridgehead atoms. The Bertz CT molecular complexity index is 1450. The standard InChI is InChI=1S/C24H22F4N4O4/c1-10(2)11(3)29-24(36)14-7-32(20-15(26)4-12(25)5-16(20)27)22-13(21(14)35)6-17(28)23(30-22)31-8-18(33)19(34)9-31/h4-8,10-11,19,33-34H,9H2,1-3H3,(H,29,36)/t11-,19-/m1/s1. The van der Waals surface area contributed by atoms with Crippen LogP contribution in [0.3, 0.4) is 0 Å². The van der Waals surface area contributed by atoms with Crippen molar-refractivity contribution >= 4 is 22.8 Å². The van der Waals surface area contributed by atoms with E-state index in [0.29, 0.717) is 12.1 Å². The van der Waals surface area contributed by atoms with E-state index in [-0.39, 0.29) is 18.5 Å². The Morgan fingerprint density at radius 3 is 2.31 bits per heavy atom. The van der Waals surface area contributed by atoms with E-state index in [0.717, 1.165) is 27.9 Å². The van der Waals surface area contributed by atoms with E-state index in [4.69, 9.17) is 0 Å². The number of nitrogens with zero attached hydrogens (tertiary/aromatic N) is 3. The topological polar surface area (TPSA) is 108 Å². The fourth-order valence-corrected chi connectivity index (χ4v) is 3.69. The Labute approximate surface area is 202 Å². The van der Waals surface area contributed by atoms with Crippen molar-refractivity contribution in [3.05, 3.63) is 75.4 Å². The number of benzene rings is 1. The van der Waals surface area contributed by atoms with Crippen LogP contribution in [0.15, 0.2) is 41.1 Å². The van der Waals surface area contributed by atoms with E-state index in [1.165, 1.54) is 0 Å². The fourth-order valence-electron chi connectivity index (χ4n) is 3.69. The Kier molecular flexibility index (Phi) is 6.48. The van der Waals surface area contributed by atoms with Crippen molar-refractivity contribution < 1.29 is 32.6 Å². The maximum atomic E-state index is 15.1. The SMILES string of the molecule is CC(C)[C@@H](C)NC(=O)c1cn(-c2c(F)cc(F)cc2F)c2nc(N3C=C(O)[C@H](O)C3)c(F)cc2c1=O. The van der Waals surface area contributed by atoms with E-state index in [1.54, 1.807) is 6.92 Å². The van der Waals surface area contributed by atoms with Gasteiger partial charge in [0.15, 0.2) is 28.9 Å². The van der Waals surface area contributed by atoms with Crippen LogP contribution in [-0.4, -0.2) is 44.4 Å².